The van der Waals surface area contributed by atoms with E-state index in [0.29, 0.717) is 16.9 Å². The number of carbonyl (C=O) groups is 1. The van der Waals surface area contributed by atoms with Crippen LogP contribution in [0, 0.1) is 0 Å². The molecule has 33 heavy (non-hydrogen) atoms. The Labute approximate surface area is 199 Å². The topological polar surface area (TPSA) is 95.1 Å². The lowest BCUT2D eigenvalue weighted by molar-refractivity contribution is -0.121. The Morgan fingerprint density at radius 1 is 1.18 bits per heavy atom. The molecule has 2 aromatic carbocycles. The zero-order chi connectivity index (χ0) is 23.4. The van der Waals surface area contributed by atoms with Crippen LogP contribution >= 0.6 is 11.8 Å². The molecule has 0 spiro atoms. The quantitative estimate of drug-likeness (QED) is 0.379. The van der Waals surface area contributed by atoms with Gasteiger partial charge in [0, 0.05) is 0 Å². The number of carbonyl (C=O) groups excluding carboxylic acids is 1. The average Bonchev–Trinajstić information content (AvgIpc) is 3.17. The number of hydrogen-bond acceptors (Lipinski definition) is 6. The Balaban J connectivity index is 1.33. The minimum absolute atomic E-state index is 0.0345. The van der Waals surface area contributed by atoms with E-state index < -0.39 is 0 Å². The van der Waals surface area contributed by atoms with Crippen LogP contribution in [0.25, 0.3) is 0 Å². The Hall–Kier alpha value is -3.00. The van der Waals surface area contributed by atoms with E-state index in [1.807, 2.05) is 25.1 Å². The lowest BCUT2D eigenvalue weighted by Crippen LogP contribution is -2.36. The standard InChI is InChI=1S/C25H31N5O2S/c1-16(2)18-11-13-20(14-12-18)32-15-23-28-29-25(30(23)26)33-17(3)24(31)27-22-10-6-8-19-7-4-5-9-21(19)22/h4-5,7,9,11-14,16-17,22H,6,8,10,15,26H2,1-3H3,(H,27,31). The first-order valence-electron chi connectivity index (χ1n) is 11.4. The van der Waals surface area contributed by atoms with Crippen LogP contribution < -0.4 is 15.9 Å². The summed E-state index contributed by atoms with van der Waals surface area (Å²) in [6.45, 7) is 6.36. The smallest absolute Gasteiger partial charge is 0.233 e. The molecule has 3 aromatic rings. The van der Waals surface area contributed by atoms with Gasteiger partial charge in [-0.2, -0.15) is 0 Å². The number of ether oxygens (including phenoxy) is 1. The van der Waals surface area contributed by atoms with E-state index in [0.717, 1.165) is 25.0 Å². The van der Waals surface area contributed by atoms with Crippen LogP contribution in [-0.2, 0) is 17.8 Å². The minimum Gasteiger partial charge on any atom is -0.486 e. The number of nitrogens with two attached hydrogens (primary N) is 1. The van der Waals surface area contributed by atoms with Gasteiger partial charge < -0.3 is 15.9 Å². The van der Waals surface area contributed by atoms with Crippen LogP contribution in [0.15, 0.2) is 53.7 Å². The summed E-state index contributed by atoms with van der Waals surface area (Å²) in [5.74, 6) is 7.87. The number of amides is 1. The highest BCUT2D eigenvalue weighted by molar-refractivity contribution is 8.00. The first-order chi connectivity index (χ1) is 15.9. The summed E-state index contributed by atoms with van der Waals surface area (Å²) in [5.41, 5.74) is 3.80. The van der Waals surface area contributed by atoms with Gasteiger partial charge in [-0.25, -0.2) is 4.68 Å². The molecule has 1 aliphatic rings. The van der Waals surface area contributed by atoms with Gasteiger partial charge in [0.15, 0.2) is 5.82 Å². The van der Waals surface area contributed by atoms with Gasteiger partial charge in [0.25, 0.3) is 0 Å². The lowest BCUT2D eigenvalue weighted by Gasteiger charge is -2.27. The molecule has 3 N–H and O–H groups in total. The molecule has 1 aromatic heterocycles. The summed E-state index contributed by atoms with van der Waals surface area (Å²) in [4.78, 5) is 12.9. The number of rotatable bonds is 8. The molecule has 2 unspecified atom stereocenters. The van der Waals surface area contributed by atoms with Crippen molar-refractivity contribution in [2.75, 3.05) is 5.84 Å². The first-order valence-corrected chi connectivity index (χ1v) is 12.3. The summed E-state index contributed by atoms with van der Waals surface area (Å²) < 4.78 is 7.21. The number of thioether (sulfide) groups is 1. The second kappa shape index (κ2) is 10.3. The molecule has 0 saturated heterocycles. The molecular weight excluding hydrogens is 434 g/mol. The molecule has 0 bridgehead atoms. The zero-order valence-electron chi connectivity index (χ0n) is 19.3. The van der Waals surface area contributed by atoms with Crippen molar-refractivity contribution < 1.29 is 9.53 Å². The Morgan fingerprint density at radius 2 is 1.94 bits per heavy atom. The molecule has 8 heteroatoms. The third-order valence-corrected chi connectivity index (χ3v) is 7.04. The number of fused-ring (bicyclic) bond motifs is 1. The minimum atomic E-state index is -0.358. The predicted octanol–water partition coefficient (Wildman–Crippen LogP) is 4.37. The summed E-state index contributed by atoms with van der Waals surface area (Å²) in [5, 5.41) is 11.6. The van der Waals surface area contributed by atoms with Gasteiger partial charge in [-0.15, -0.1) is 10.2 Å². The second-order valence-corrected chi connectivity index (χ2v) is 10.0. The number of aromatic nitrogens is 3. The van der Waals surface area contributed by atoms with Crippen molar-refractivity contribution in [3.63, 3.8) is 0 Å². The average molecular weight is 466 g/mol. The van der Waals surface area contributed by atoms with Gasteiger partial charge in [-0.05, 0) is 60.9 Å². The van der Waals surface area contributed by atoms with Crippen LogP contribution in [-0.4, -0.2) is 26.0 Å². The number of nitrogen functional groups attached to an aromatic ring is 1. The highest BCUT2D eigenvalue weighted by atomic mass is 32.2. The molecule has 0 aliphatic heterocycles. The van der Waals surface area contributed by atoms with Crippen molar-refractivity contribution in [1.29, 1.82) is 0 Å². The van der Waals surface area contributed by atoms with Crippen LogP contribution in [0.3, 0.4) is 0 Å². The Bertz CT molecular complexity index is 1100. The van der Waals surface area contributed by atoms with Crippen molar-refractivity contribution in [2.45, 2.75) is 69.0 Å². The van der Waals surface area contributed by atoms with E-state index in [-0.39, 0.29) is 23.8 Å². The molecule has 0 fully saturated rings. The number of nitrogens with zero attached hydrogens (tertiary/aromatic N) is 3. The molecule has 7 nitrogen and oxygen atoms in total. The van der Waals surface area contributed by atoms with Crippen LogP contribution in [0.4, 0.5) is 0 Å². The maximum absolute atomic E-state index is 12.9. The number of benzene rings is 2. The summed E-state index contributed by atoms with van der Waals surface area (Å²) in [6.07, 6.45) is 3.09. The van der Waals surface area contributed by atoms with Crippen molar-refractivity contribution in [1.82, 2.24) is 20.2 Å². The summed E-state index contributed by atoms with van der Waals surface area (Å²) in [6, 6.07) is 16.4. The molecule has 1 amide bonds. The summed E-state index contributed by atoms with van der Waals surface area (Å²) in [7, 11) is 0. The zero-order valence-corrected chi connectivity index (χ0v) is 20.1. The van der Waals surface area contributed by atoms with Crippen molar-refractivity contribution in [3.8, 4) is 5.75 Å². The monoisotopic (exact) mass is 465 g/mol. The van der Waals surface area contributed by atoms with Gasteiger partial charge in [0.05, 0.1) is 11.3 Å². The van der Waals surface area contributed by atoms with Gasteiger partial charge in [-0.1, -0.05) is 62.0 Å². The van der Waals surface area contributed by atoms with E-state index in [1.165, 1.54) is 33.1 Å². The fraction of sp³-hybridized carbons (Fsp3) is 0.400. The second-order valence-electron chi connectivity index (χ2n) is 8.69. The maximum atomic E-state index is 12.9. The molecule has 1 heterocycles. The van der Waals surface area contributed by atoms with Crippen molar-refractivity contribution in [2.24, 2.45) is 0 Å². The van der Waals surface area contributed by atoms with Crippen LogP contribution in [0.5, 0.6) is 5.75 Å². The molecular formula is C25H31N5O2S. The maximum Gasteiger partial charge on any atom is 0.233 e. The molecule has 0 radical (unpaired) electrons. The fourth-order valence-corrected chi connectivity index (χ4v) is 4.79. The normalized spacial score (nSPS) is 16.3. The molecule has 2 atom stereocenters. The highest BCUT2D eigenvalue weighted by Crippen LogP contribution is 2.30. The predicted molar refractivity (Wildman–Crippen MR) is 131 cm³/mol. The number of hydrogen-bond donors (Lipinski definition) is 2. The highest BCUT2D eigenvalue weighted by Gasteiger charge is 2.25. The third kappa shape index (κ3) is 5.50. The fourth-order valence-electron chi connectivity index (χ4n) is 3.99. The van der Waals surface area contributed by atoms with E-state index in [2.05, 4.69) is 59.7 Å². The van der Waals surface area contributed by atoms with Gasteiger partial charge in [0.1, 0.15) is 12.4 Å². The SMILES string of the molecule is CC(Sc1nnc(COc2ccc(C(C)C)cc2)n1N)C(=O)NC1CCCc2ccccc21. The number of aryl methyl sites for hydroxylation is 1. The van der Waals surface area contributed by atoms with Gasteiger partial charge in [-0.3, -0.25) is 4.79 Å². The number of nitrogens with one attached hydrogen (secondary N) is 1. The van der Waals surface area contributed by atoms with Crippen LogP contribution in [0.2, 0.25) is 0 Å². The molecule has 0 saturated carbocycles. The third-order valence-electron chi connectivity index (χ3n) is 5.99. The molecule has 174 valence electrons. The Morgan fingerprint density at radius 3 is 2.70 bits per heavy atom. The van der Waals surface area contributed by atoms with E-state index in [1.54, 1.807) is 0 Å². The van der Waals surface area contributed by atoms with Gasteiger partial charge in [0.2, 0.25) is 11.1 Å². The van der Waals surface area contributed by atoms with Crippen molar-refractivity contribution in [3.05, 3.63) is 71.0 Å². The lowest BCUT2D eigenvalue weighted by atomic mass is 9.88. The molecule has 1 aliphatic carbocycles. The van der Waals surface area contributed by atoms with E-state index in [9.17, 15) is 4.79 Å². The van der Waals surface area contributed by atoms with Gasteiger partial charge >= 0.3 is 0 Å². The van der Waals surface area contributed by atoms with E-state index in [4.69, 9.17) is 10.6 Å². The van der Waals surface area contributed by atoms with E-state index >= 15 is 0 Å². The molecule has 4 rings (SSSR count). The first kappa shape index (κ1) is 23.2. The van der Waals surface area contributed by atoms with Crippen molar-refractivity contribution >= 4 is 17.7 Å². The summed E-state index contributed by atoms with van der Waals surface area (Å²) >= 11 is 1.29. The van der Waals surface area contributed by atoms with Crippen LogP contribution in [0.1, 0.15) is 68.1 Å². The Kier molecular flexibility index (Phi) is 7.23. The largest absolute Gasteiger partial charge is 0.486 e.